The zero-order valence-corrected chi connectivity index (χ0v) is 12.8. The Bertz CT molecular complexity index is 634. The van der Waals surface area contributed by atoms with E-state index in [0.29, 0.717) is 10.5 Å². The molecular weight excluding hydrogens is 284 g/mol. The number of ketones is 1. The third kappa shape index (κ3) is 2.77. The van der Waals surface area contributed by atoms with Crippen LogP contribution in [0, 0.1) is 0 Å². The third-order valence-corrected chi connectivity index (χ3v) is 3.59. The van der Waals surface area contributed by atoms with Crippen LogP contribution in [0.2, 0.25) is 0 Å². The van der Waals surface area contributed by atoms with Crippen LogP contribution in [0.25, 0.3) is 0 Å². The number of urea groups is 1. The van der Waals surface area contributed by atoms with Gasteiger partial charge in [0.25, 0.3) is 0 Å². The van der Waals surface area contributed by atoms with Crippen LogP contribution in [0.3, 0.4) is 0 Å². The molecule has 4 amide bonds. The molecule has 1 saturated heterocycles. The van der Waals surface area contributed by atoms with E-state index in [1.165, 1.54) is 0 Å². The Kier molecular flexibility index (Phi) is 4.40. The second-order valence-electron chi connectivity index (χ2n) is 5.42. The summed E-state index contributed by atoms with van der Waals surface area (Å²) in [6.45, 7) is 4.86. The highest BCUT2D eigenvalue weighted by molar-refractivity contribution is 6.45. The second-order valence-corrected chi connectivity index (χ2v) is 5.42. The topological polar surface area (TPSA) is 74.8 Å². The number of hydrogen-bond donors (Lipinski definition) is 0. The molecule has 1 aromatic carbocycles. The van der Waals surface area contributed by atoms with Crippen molar-refractivity contribution in [3.05, 3.63) is 35.4 Å². The predicted octanol–water partition coefficient (Wildman–Crippen LogP) is 1.63. The zero-order chi connectivity index (χ0) is 16.4. The molecule has 0 unspecified atom stereocenters. The SMILES string of the molecule is CCc1ccc(C(=O)CN2C(=O)C(=O)N(C(C)C)C2=O)cc1. The fraction of sp³-hybridized carbons (Fsp3) is 0.375. The highest BCUT2D eigenvalue weighted by atomic mass is 16.2. The maximum absolute atomic E-state index is 12.2. The molecule has 1 aromatic rings. The van der Waals surface area contributed by atoms with Crippen molar-refractivity contribution in [1.82, 2.24) is 9.80 Å². The van der Waals surface area contributed by atoms with Gasteiger partial charge in [-0.15, -0.1) is 0 Å². The summed E-state index contributed by atoms with van der Waals surface area (Å²) in [5, 5.41) is 0. The number of aryl methyl sites for hydroxylation is 1. The van der Waals surface area contributed by atoms with E-state index in [9.17, 15) is 19.2 Å². The molecule has 0 aromatic heterocycles. The van der Waals surface area contributed by atoms with E-state index in [0.717, 1.165) is 16.9 Å². The first-order chi connectivity index (χ1) is 10.4. The summed E-state index contributed by atoms with van der Waals surface area (Å²) in [5.41, 5.74) is 1.50. The first kappa shape index (κ1) is 15.9. The Morgan fingerprint density at radius 1 is 1.05 bits per heavy atom. The molecule has 0 saturated carbocycles. The summed E-state index contributed by atoms with van der Waals surface area (Å²) in [5.74, 6) is -2.20. The average molecular weight is 302 g/mol. The number of nitrogens with zero attached hydrogens (tertiary/aromatic N) is 2. The molecule has 0 aliphatic carbocycles. The Balaban J connectivity index is 2.15. The first-order valence-corrected chi connectivity index (χ1v) is 7.18. The molecule has 0 bridgehead atoms. The Morgan fingerprint density at radius 2 is 1.64 bits per heavy atom. The number of benzene rings is 1. The Morgan fingerprint density at radius 3 is 2.09 bits per heavy atom. The number of Topliss-reactive ketones (excluding diaryl/α,β-unsaturated/α-hetero) is 1. The van der Waals surface area contributed by atoms with Crippen LogP contribution in [0.4, 0.5) is 4.79 Å². The molecular formula is C16H18N2O4. The van der Waals surface area contributed by atoms with E-state index < -0.39 is 30.4 Å². The standard InChI is InChI=1S/C16H18N2O4/c1-4-11-5-7-12(8-6-11)13(19)9-17-14(20)15(21)18(10(2)3)16(17)22/h5-8,10H,4,9H2,1-3H3. The highest BCUT2D eigenvalue weighted by Gasteiger charge is 2.46. The molecule has 0 radical (unpaired) electrons. The lowest BCUT2D eigenvalue weighted by atomic mass is 10.1. The lowest BCUT2D eigenvalue weighted by Gasteiger charge is -2.18. The lowest BCUT2D eigenvalue weighted by molar-refractivity contribution is -0.143. The third-order valence-electron chi connectivity index (χ3n) is 3.59. The Hall–Kier alpha value is -2.50. The molecule has 1 aliphatic heterocycles. The molecule has 0 atom stereocenters. The van der Waals surface area contributed by atoms with Gasteiger partial charge in [-0.25, -0.2) is 9.69 Å². The maximum atomic E-state index is 12.2. The van der Waals surface area contributed by atoms with Gasteiger partial charge in [-0.05, 0) is 25.8 Å². The monoisotopic (exact) mass is 302 g/mol. The molecule has 6 heteroatoms. The van der Waals surface area contributed by atoms with E-state index in [4.69, 9.17) is 0 Å². The van der Waals surface area contributed by atoms with Crippen LogP contribution >= 0.6 is 0 Å². The number of amides is 4. The quantitative estimate of drug-likeness (QED) is 0.471. The van der Waals surface area contributed by atoms with Gasteiger partial charge in [0.15, 0.2) is 5.78 Å². The van der Waals surface area contributed by atoms with E-state index in [-0.39, 0.29) is 5.78 Å². The van der Waals surface area contributed by atoms with Crippen LogP contribution in [-0.4, -0.2) is 46.0 Å². The minimum atomic E-state index is -0.947. The van der Waals surface area contributed by atoms with Crippen molar-refractivity contribution >= 4 is 23.6 Å². The summed E-state index contributed by atoms with van der Waals surface area (Å²) >= 11 is 0. The van der Waals surface area contributed by atoms with Gasteiger partial charge >= 0.3 is 17.8 Å². The van der Waals surface area contributed by atoms with Crippen molar-refractivity contribution in [3.63, 3.8) is 0 Å². The fourth-order valence-electron chi connectivity index (χ4n) is 2.28. The van der Waals surface area contributed by atoms with Crippen molar-refractivity contribution in [2.45, 2.75) is 33.2 Å². The Labute approximate surface area is 128 Å². The van der Waals surface area contributed by atoms with Gasteiger partial charge in [0.1, 0.15) is 0 Å². The molecule has 22 heavy (non-hydrogen) atoms. The van der Waals surface area contributed by atoms with Gasteiger partial charge in [0, 0.05) is 11.6 Å². The lowest BCUT2D eigenvalue weighted by Crippen LogP contribution is -2.39. The van der Waals surface area contributed by atoms with Crippen LogP contribution < -0.4 is 0 Å². The molecule has 1 fully saturated rings. The molecule has 6 nitrogen and oxygen atoms in total. The predicted molar refractivity (Wildman–Crippen MR) is 79.2 cm³/mol. The summed E-state index contributed by atoms with van der Waals surface area (Å²) in [6, 6.07) is 5.82. The smallest absolute Gasteiger partial charge is 0.292 e. The van der Waals surface area contributed by atoms with Gasteiger partial charge in [-0.3, -0.25) is 19.3 Å². The van der Waals surface area contributed by atoms with Gasteiger partial charge in [-0.2, -0.15) is 0 Å². The minimum Gasteiger partial charge on any atom is -0.292 e. The highest BCUT2D eigenvalue weighted by Crippen LogP contribution is 2.16. The zero-order valence-electron chi connectivity index (χ0n) is 12.8. The first-order valence-electron chi connectivity index (χ1n) is 7.18. The summed E-state index contributed by atoms with van der Waals surface area (Å²) in [4.78, 5) is 49.5. The number of carbonyl (C=O) groups excluding carboxylic acids is 4. The summed E-state index contributed by atoms with van der Waals surface area (Å²) < 4.78 is 0. The largest absolute Gasteiger partial charge is 0.334 e. The van der Waals surface area contributed by atoms with Gasteiger partial charge in [0.2, 0.25) is 0 Å². The normalized spacial score (nSPS) is 15.2. The van der Waals surface area contributed by atoms with Crippen molar-refractivity contribution < 1.29 is 19.2 Å². The molecule has 116 valence electrons. The molecule has 1 aliphatic rings. The van der Waals surface area contributed by atoms with E-state index in [2.05, 4.69) is 0 Å². The van der Waals surface area contributed by atoms with Crippen molar-refractivity contribution in [1.29, 1.82) is 0 Å². The molecule has 0 spiro atoms. The minimum absolute atomic E-state index is 0.372. The molecule has 1 heterocycles. The van der Waals surface area contributed by atoms with Crippen LogP contribution in [0.1, 0.15) is 36.7 Å². The number of imide groups is 2. The van der Waals surface area contributed by atoms with Crippen LogP contribution in [0.15, 0.2) is 24.3 Å². The van der Waals surface area contributed by atoms with E-state index in [1.54, 1.807) is 26.0 Å². The van der Waals surface area contributed by atoms with Gasteiger partial charge in [0.05, 0.1) is 6.54 Å². The number of hydrogen-bond acceptors (Lipinski definition) is 4. The summed E-state index contributed by atoms with van der Waals surface area (Å²) in [7, 11) is 0. The number of rotatable bonds is 5. The molecule has 0 N–H and O–H groups in total. The van der Waals surface area contributed by atoms with E-state index in [1.807, 2.05) is 19.1 Å². The fourth-order valence-corrected chi connectivity index (χ4v) is 2.28. The maximum Gasteiger partial charge on any atom is 0.334 e. The van der Waals surface area contributed by atoms with Crippen LogP contribution in [-0.2, 0) is 16.0 Å². The number of carbonyl (C=O) groups is 4. The van der Waals surface area contributed by atoms with Gasteiger partial charge in [-0.1, -0.05) is 31.2 Å². The van der Waals surface area contributed by atoms with Crippen molar-refractivity contribution in [2.24, 2.45) is 0 Å². The van der Waals surface area contributed by atoms with Gasteiger partial charge < -0.3 is 0 Å². The molecule has 2 rings (SSSR count). The average Bonchev–Trinajstić information content (AvgIpc) is 2.71. The van der Waals surface area contributed by atoms with Crippen molar-refractivity contribution in [3.8, 4) is 0 Å². The second kappa shape index (κ2) is 6.09. The van der Waals surface area contributed by atoms with E-state index >= 15 is 0 Å². The summed E-state index contributed by atoms with van der Waals surface area (Å²) in [6.07, 6.45) is 0.857. The van der Waals surface area contributed by atoms with Crippen LogP contribution in [0.5, 0.6) is 0 Å². The van der Waals surface area contributed by atoms with Crippen molar-refractivity contribution in [2.75, 3.05) is 6.54 Å².